The molecule has 6 saturated carbocycles. The molecule has 0 aromatic heterocycles. The van der Waals surface area contributed by atoms with Crippen LogP contribution in [0.4, 0.5) is 0 Å². The van der Waals surface area contributed by atoms with E-state index in [1.165, 1.54) is 114 Å². The van der Waals surface area contributed by atoms with Crippen LogP contribution in [0.25, 0.3) is 0 Å². The molecular formula is C57H92O4. The molecule has 8 rings (SSSR count). The first kappa shape index (κ1) is 46.0. The molecule has 0 heterocycles. The van der Waals surface area contributed by atoms with Crippen molar-refractivity contribution in [2.24, 2.45) is 92.7 Å². The van der Waals surface area contributed by atoms with Crippen LogP contribution in [0.2, 0.25) is 0 Å². The number of rotatable bonds is 14. The zero-order valence-corrected chi connectivity index (χ0v) is 41.1. The van der Waals surface area contributed by atoms with Crippen molar-refractivity contribution in [2.45, 2.75) is 229 Å². The minimum Gasteiger partial charge on any atom is -0.462 e. The lowest BCUT2D eigenvalue weighted by atomic mass is 9.47. The van der Waals surface area contributed by atoms with E-state index >= 15 is 0 Å². The normalized spacial score (nSPS) is 43.7. The second-order valence-corrected chi connectivity index (χ2v) is 25.5. The van der Waals surface area contributed by atoms with Crippen LogP contribution in [0.5, 0.6) is 0 Å². The summed E-state index contributed by atoms with van der Waals surface area (Å²) in [7, 11) is 0. The van der Waals surface area contributed by atoms with E-state index in [1.54, 1.807) is 0 Å². The fourth-order valence-corrected chi connectivity index (χ4v) is 18.1. The van der Waals surface area contributed by atoms with Gasteiger partial charge in [-0.3, -0.25) is 9.59 Å². The molecule has 0 radical (unpaired) electrons. The first-order valence-corrected chi connectivity index (χ1v) is 26.7. The van der Waals surface area contributed by atoms with E-state index in [1.807, 2.05) is 0 Å². The average molecular weight is 841 g/mol. The van der Waals surface area contributed by atoms with Crippen LogP contribution in [0.1, 0.15) is 217 Å². The third-order valence-corrected chi connectivity index (χ3v) is 21.4. The Morgan fingerprint density at radius 3 is 1.34 bits per heavy atom. The minimum atomic E-state index is -0.393. The van der Waals surface area contributed by atoms with Crippen LogP contribution in [0, 0.1) is 92.7 Å². The minimum absolute atomic E-state index is 0.121. The van der Waals surface area contributed by atoms with E-state index < -0.39 is 11.9 Å². The highest BCUT2D eigenvalue weighted by molar-refractivity contribution is 5.91. The lowest BCUT2D eigenvalue weighted by molar-refractivity contribution is -0.162. The molecular weight excluding hydrogens is 749 g/mol. The van der Waals surface area contributed by atoms with Gasteiger partial charge in [0.25, 0.3) is 0 Å². The summed E-state index contributed by atoms with van der Waals surface area (Å²) >= 11 is 0. The maximum Gasteiger partial charge on any atom is 0.317 e. The van der Waals surface area contributed by atoms with Gasteiger partial charge < -0.3 is 9.47 Å². The number of allylic oxidation sites excluding steroid dienone is 2. The molecule has 8 aliphatic rings. The first-order valence-electron chi connectivity index (χ1n) is 26.7. The molecule has 0 saturated heterocycles. The molecule has 0 aliphatic heterocycles. The van der Waals surface area contributed by atoms with Crippen molar-refractivity contribution in [1.29, 1.82) is 0 Å². The molecule has 0 aromatic rings. The Morgan fingerprint density at radius 2 is 0.951 bits per heavy atom. The third kappa shape index (κ3) is 8.67. The summed E-state index contributed by atoms with van der Waals surface area (Å²) in [5.41, 5.74) is 4.51. The number of hydrogen-bond acceptors (Lipinski definition) is 4. The van der Waals surface area contributed by atoms with E-state index in [0.29, 0.717) is 10.8 Å². The Labute approximate surface area is 374 Å². The zero-order valence-electron chi connectivity index (χ0n) is 41.1. The van der Waals surface area contributed by atoms with Gasteiger partial charge in [0.15, 0.2) is 0 Å². The molecule has 61 heavy (non-hydrogen) atoms. The number of carbonyl (C=O) groups excluding carboxylic acids is 2. The van der Waals surface area contributed by atoms with Gasteiger partial charge in [0, 0.05) is 12.8 Å². The predicted molar refractivity (Wildman–Crippen MR) is 250 cm³/mol. The number of fused-ring (bicyclic) bond motifs is 10. The molecule has 0 bridgehead atoms. The fraction of sp³-hybridized carbons (Fsp3) is 0.895. The second-order valence-electron chi connectivity index (χ2n) is 25.5. The maximum absolute atomic E-state index is 13.3. The van der Waals surface area contributed by atoms with Gasteiger partial charge >= 0.3 is 11.9 Å². The Morgan fingerprint density at radius 1 is 0.541 bits per heavy atom. The van der Waals surface area contributed by atoms with Crippen LogP contribution in [0.3, 0.4) is 0 Å². The summed E-state index contributed by atoms with van der Waals surface area (Å²) in [6.45, 7) is 25.1. The largest absolute Gasteiger partial charge is 0.462 e. The number of carbonyl (C=O) groups is 2. The summed E-state index contributed by atoms with van der Waals surface area (Å²) in [6.07, 6.45) is 32.3. The van der Waals surface area contributed by atoms with Crippen molar-refractivity contribution in [3.8, 4) is 0 Å². The molecule has 0 aromatic carbocycles. The van der Waals surface area contributed by atoms with E-state index in [2.05, 4.69) is 81.4 Å². The second kappa shape index (κ2) is 18.0. The van der Waals surface area contributed by atoms with Crippen LogP contribution in [0.15, 0.2) is 23.3 Å². The number of esters is 2. The molecule has 6 fully saturated rings. The number of ether oxygens (including phenoxy) is 2. The summed E-state index contributed by atoms with van der Waals surface area (Å²) < 4.78 is 12.2. The Kier molecular flexibility index (Phi) is 13.6. The quantitative estimate of drug-likeness (QED) is 0.0993. The van der Waals surface area contributed by atoms with Crippen LogP contribution in [-0.2, 0) is 19.1 Å². The lowest BCUT2D eigenvalue weighted by Gasteiger charge is -2.58. The Hall–Kier alpha value is -1.58. The molecule has 8 aliphatic carbocycles. The molecule has 16 unspecified atom stereocenters. The molecule has 16 atom stereocenters. The standard InChI is InChI=1S/C57H92O4/c1-36(2)13-11-15-38(5)46-21-23-48-44-19-17-40-33-42(25-29-54(40,7)50(44)27-31-56(46,48)9)60-52(58)35-53(59)61-43-26-30-55(8)41(34-43)18-20-45-49-24-22-47(39(6)16-12-14-37(3)4)57(49,10)32-28-51(45)55/h17-18,36-39,42-51H,11-16,19-35H2,1-10H3. The maximum atomic E-state index is 13.3. The van der Waals surface area contributed by atoms with Gasteiger partial charge in [-0.25, -0.2) is 0 Å². The van der Waals surface area contributed by atoms with E-state index in [0.717, 1.165) is 110 Å². The topological polar surface area (TPSA) is 52.6 Å². The van der Waals surface area contributed by atoms with Crippen molar-refractivity contribution in [1.82, 2.24) is 0 Å². The zero-order chi connectivity index (χ0) is 43.5. The van der Waals surface area contributed by atoms with Gasteiger partial charge in [0.1, 0.15) is 18.6 Å². The van der Waals surface area contributed by atoms with Crippen LogP contribution >= 0.6 is 0 Å². The van der Waals surface area contributed by atoms with Crippen molar-refractivity contribution >= 4 is 11.9 Å². The molecule has 4 nitrogen and oxygen atoms in total. The van der Waals surface area contributed by atoms with Crippen molar-refractivity contribution in [3.63, 3.8) is 0 Å². The summed E-state index contributed by atoms with van der Waals surface area (Å²) in [5.74, 6) is 9.09. The smallest absolute Gasteiger partial charge is 0.317 e. The fourth-order valence-electron chi connectivity index (χ4n) is 18.1. The van der Waals surface area contributed by atoms with E-state index in [4.69, 9.17) is 9.47 Å². The third-order valence-electron chi connectivity index (χ3n) is 21.4. The van der Waals surface area contributed by atoms with Gasteiger partial charge in [-0.05, 0) is 183 Å². The Bertz CT molecular complexity index is 1520. The highest BCUT2D eigenvalue weighted by Gasteiger charge is 2.61. The number of hydrogen-bond donors (Lipinski definition) is 0. The average Bonchev–Trinajstić information content (AvgIpc) is 3.74. The SMILES string of the molecule is CC(C)CCCC(C)C1CCC2C3CC=C4CC(OC(=O)CC(=O)OC5CCC6(C)C(=CCC7C6CCC6(C)C(C(C)CCCC(C)C)CCC76)C5)CCC4(C)C3CCC12C. The highest BCUT2D eigenvalue weighted by Crippen LogP contribution is 2.69. The summed E-state index contributed by atoms with van der Waals surface area (Å²) in [4.78, 5) is 26.6. The Balaban J connectivity index is 0.808. The van der Waals surface area contributed by atoms with Crippen molar-refractivity contribution in [2.75, 3.05) is 0 Å². The van der Waals surface area contributed by atoms with Crippen molar-refractivity contribution in [3.05, 3.63) is 23.3 Å². The van der Waals surface area contributed by atoms with Gasteiger partial charge in [0.05, 0.1) is 0 Å². The van der Waals surface area contributed by atoms with E-state index in [9.17, 15) is 9.59 Å². The first-order chi connectivity index (χ1) is 29.0. The van der Waals surface area contributed by atoms with Gasteiger partial charge in [0.2, 0.25) is 0 Å². The van der Waals surface area contributed by atoms with Crippen molar-refractivity contribution < 1.29 is 19.1 Å². The summed E-state index contributed by atoms with van der Waals surface area (Å²) in [6, 6.07) is 0. The molecule has 0 spiro atoms. The van der Waals surface area contributed by atoms with Crippen LogP contribution in [-0.4, -0.2) is 24.1 Å². The lowest BCUT2D eigenvalue weighted by Crippen LogP contribution is -2.51. The highest BCUT2D eigenvalue weighted by atomic mass is 16.6. The molecule has 344 valence electrons. The van der Waals surface area contributed by atoms with Gasteiger partial charge in [-0.2, -0.15) is 0 Å². The predicted octanol–water partition coefficient (Wildman–Crippen LogP) is 15.3. The molecule has 4 heteroatoms. The monoisotopic (exact) mass is 841 g/mol. The molecule has 0 N–H and O–H groups in total. The van der Waals surface area contributed by atoms with Gasteiger partial charge in [-0.15, -0.1) is 0 Å². The molecule has 0 amide bonds. The van der Waals surface area contributed by atoms with E-state index in [-0.39, 0.29) is 29.5 Å². The van der Waals surface area contributed by atoms with Gasteiger partial charge in [-0.1, -0.05) is 131 Å². The van der Waals surface area contributed by atoms with Crippen LogP contribution < -0.4 is 0 Å². The summed E-state index contributed by atoms with van der Waals surface area (Å²) in [5, 5.41) is 0.